The minimum absolute atomic E-state index is 0.235. The van der Waals surface area contributed by atoms with E-state index in [0.717, 1.165) is 54.2 Å². The van der Waals surface area contributed by atoms with Crippen molar-refractivity contribution in [2.45, 2.75) is 39.7 Å². The Morgan fingerprint density at radius 3 is 2.76 bits per heavy atom. The summed E-state index contributed by atoms with van der Waals surface area (Å²) in [4.78, 5) is 13.3. The van der Waals surface area contributed by atoms with Gasteiger partial charge in [-0.25, -0.2) is 0 Å². The molecule has 2 aromatic carbocycles. The van der Waals surface area contributed by atoms with Gasteiger partial charge < -0.3 is 19.3 Å². The van der Waals surface area contributed by atoms with Crippen LogP contribution in [0.15, 0.2) is 42.0 Å². The van der Waals surface area contributed by atoms with Crippen LogP contribution in [0, 0.1) is 5.92 Å². The lowest BCUT2D eigenvalue weighted by atomic mass is 9.95. The van der Waals surface area contributed by atoms with E-state index in [1.807, 2.05) is 12.1 Å². The van der Waals surface area contributed by atoms with E-state index in [1.54, 1.807) is 7.11 Å². The van der Waals surface area contributed by atoms with E-state index in [2.05, 4.69) is 43.0 Å². The van der Waals surface area contributed by atoms with Gasteiger partial charge in [0.05, 0.1) is 19.6 Å². The zero-order chi connectivity index (χ0) is 23.4. The minimum atomic E-state index is -0.700. The number of aryl methyl sites for hydroxylation is 1. The van der Waals surface area contributed by atoms with Gasteiger partial charge >= 0.3 is 5.97 Å². The second-order valence-electron chi connectivity index (χ2n) is 8.90. The molecule has 2 aliphatic heterocycles. The number of carboxylic acids is 1. The Kier molecular flexibility index (Phi) is 7.23. The number of rotatable bonds is 9. The van der Waals surface area contributed by atoms with Crippen molar-refractivity contribution >= 4 is 11.5 Å². The quantitative estimate of drug-likeness (QED) is 0.591. The Morgan fingerprint density at radius 1 is 1.21 bits per heavy atom. The first-order chi connectivity index (χ1) is 16.0. The standard InChI is InChI=1S/C27H33NO5/c1-4-5-19-6-7-21(25(12-19)31-3)17-33-23-8-9-24-18(2)20(10-11-32-26(24)13-23)14-28-15-22(16-28)27(29)30/h6-9,12-13,22H,4-5,10-11,14-17H2,1-3H3,(H,29,30). The predicted molar refractivity (Wildman–Crippen MR) is 128 cm³/mol. The fourth-order valence-corrected chi connectivity index (χ4v) is 4.52. The molecule has 2 aromatic rings. The summed E-state index contributed by atoms with van der Waals surface area (Å²) < 4.78 is 17.7. The summed E-state index contributed by atoms with van der Waals surface area (Å²) in [6.07, 6.45) is 2.98. The summed E-state index contributed by atoms with van der Waals surface area (Å²) in [6, 6.07) is 12.3. The van der Waals surface area contributed by atoms with Crippen molar-refractivity contribution in [3.05, 3.63) is 58.7 Å². The van der Waals surface area contributed by atoms with E-state index in [4.69, 9.17) is 19.3 Å². The molecule has 0 spiro atoms. The molecule has 176 valence electrons. The molecule has 2 heterocycles. The maximum atomic E-state index is 11.1. The highest BCUT2D eigenvalue weighted by Gasteiger charge is 2.33. The number of nitrogens with zero attached hydrogens (tertiary/aromatic N) is 1. The number of hydrogen-bond donors (Lipinski definition) is 1. The zero-order valence-corrected chi connectivity index (χ0v) is 19.7. The molecule has 2 aliphatic rings. The number of hydrogen-bond acceptors (Lipinski definition) is 5. The molecule has 0 unspecified atom stereocenters. The molecular formula is C27H33NO5. The van der Waals surface area contributed by atoms with E-state index in [0.29, 0.717) is 26.3 Å². The molecule has 0 aliphatic carbocycles. The highest BCUT2D eigenvalue weighted by atomic mass is 16.5. The SMILES string of the molecule is CCCc1ccc(COc2ccc3c(c2)OCCC(CN2CC(C(=O)O)C2)=C3C)c(OC)c1. The van der Waals surface area contributed by atoms with Crippen LogP contribution in [-0.4, -0.2) is 49.3 Å². The topological polar surface area (TPSA) is 68.2 Å². The monoisotopic (exact) mass is 451 g/mol. The summed E-state index contributed by atoms with van der Waals surface area (Å²) in [5.74, 6) is 1.51. The van der Waals surface area contributed by atoms with E-state index < -0.39 is 5.97 Å². The minimum Gasteiger partial charge on any atom is -0.496 e. The number of benzene rings is 2. The molecule has 0 radical (unpaired) electrons. The highest BCUT2D eigenvalue weighted by molar-refractivity contribution is 5.74. The largest absolute Gasteiger partial charge is 0.496 e. The van der Waals surface area contributed by atoms with Gasteiger partial charge in [0.2, 0.25) is 0 Å². The first kappa shape index (κ1) is 23.2. The number of carboxylic acid groups (broad SMARTS) is 1. The molecule has 0 bridgehead atoms. The van der Waals surface area contributed by atoms with Gasteiger partial charge in [-0.3, -0.25) is 9.69 Å². The molecular weight excluding hydrogens is 418 g/mol. The molecule has 0 saturated carbocycles. The molecule has 6 heteroatoms. The van der Waals surface area contributed by atoms with Gasteiger partial charge in [-0.05, 0) is 48.3 Å². The molecule has 4 rings (SSSR count). The first-order valence-electron chi connectivity index (χ1n) is 11.7. The summed E-state index contributed by atoms with van der Waals surface area (Å²) in [7, 11) is 1.69. The smallest absolute Gasteiger partial charge is 0.309 e. The van der Waals surface area contributed by atoms with E-state index in [1.165, 1.54) is 16.7 Å². The maximum Gasteiger partial charge on any atom is 0.309 e. The van der Waals surface area contributed by atoms with Crippen LogP contribution < -0.4 is 14.2 Å². The zero-order valence-electron chi connectivity index (χ0n) is 19.7. The van der Waals surface area contributed by atoms with Crippen LogP contribution in [0.2, 0.25) is 0 Å². The number of ether oxygens (including phenoxy) is 3. The fourth-order valence-electron chi connectivity index (χ4n) is 4.52. The molecule has 1 N–H and O–H groups in total. The molecule has 1 saturated heterocycles. The normalized spacial score (nSPS) is 16.5. The number of allylic oxidation sites excluding steroid dienone is 1. The number of fused-ring (bicyclic) bond motifs is 1. The Bertz CT molecular complexity index is 1040. The number of carbonyl (C=O) groups is 1. The fraction of sp³-hybridized carbons (Fsp3) is 0.444. The van der Waals surface area contributed by atoms with Crippen molar-refractivity contribution in [3.8, 4) is 17.2 Å². The first-order valence-corrected chi connectivity index (χ1v) is 11.7. The second kappa shape index (κ2) is 10.3. The lowest BCUT2D eigenvalue weighted by Crippen LogP contribution is -2.50. The predicted octanol–water partition coefficient (Wildman–Crippen LogP) is 4.80. The van der Waals surface area contributed by atoms with Gasteiger partial charge in [-0.15, -0.1) is 0 Å². The van der Waals surface area contributed by atoms with Gasteiger partial charge in [0.1, 0.15) is 23.9 Å². The van der Waals surface area contributed by atoms with Gasteiger partial charge in [0.15, 0.2) is 0 Å². The average Bonchev–Trinajstić information content (AvgIpc) is 2.93. The Labute approximate surface area is 195 Å². The highest BCUT2D eigenvalue weighted by Crippen LogP contribution is 2.36. The summed E-state index contributed by atoms with van der Waals surface area (Å²) in [5.41, 5.74) is 5.88. The van der Waals surface area contributed by atoms with Crippen LogP contribution in [0.4, 0.5) is 0 Å². The number of methoxy groups -OCH3 is 1. The van der Waals surface area contributed by atoms with Crippen molar-refractivity contribution < 1.29 is 24.1 Å². The van der Waals surface area contributed by atoms with Crippen LogP contribution in [0.25, 0.3) is 5.57 Å². The maximum absolute atomic E-state index is 11.1. The van der Waals surface area contributed by atoms with Crippen LogP contribution >= 0.6 is 0 Å². The third kappa shape index (κ3) is 5.33. The van der Waals surface area contributed by atoms with E-state index in [9.17, 15) is 4.79 Å². The van der Waals surface area contributed by atoms with Crippen LogP contribution in [-0.2, 0) is 17.8 Å². The second-order valence-corrected chi connectivity index (χ2v) is 8.90. The van der Waals surface area contributed by atoms with Crippen molar-refractivity contribution in [3.63, 3.8) is 0 Å². The molecule has 6 nitrogen and oxygen atoms in total. The third-order valence-corrected chi connectivity index (χ3v) is 6.55. The molecule has 33 heavy (non-hydrogen) atoms. The van der Waals surface area contributed by atoms with Gasteiger partial charge in [0, 0.05) is 43.2 Å². The Morgan fingerprint density at radius 2 is 2.03 bits per heavy atom. The lowest BCUT2D eigenvalue weighted by molar-refractivity contribution is -0.147. The van der Waals surface area contributed by atoms with Crippen molar-refractivity contribution in [1.29, 1.82) is 0 Å². The lowest BCUT2D eigenvalue weighted by Gasteiger charge is -2.37. The average molecular weight is 452 g/mol. The Balaban J connectivity index is 1.44. The number of aliphatic carboxylic acids is 1. The van der Waals surface area contributed by atoms with Gasteiger partial charge in [-0.2, -0.15) is 0 Å². The van der Waals surface area contributed by atoms with Gasteiger partial charge in [-0.1, -0.05) is 25.5 Å². The van der Waals surface area contributed by atoms with Crippen LogP contribution in [0.3, 0.4) is 0 Å². The molecule has 1 fully saturated rings. The number of likely N-dealkylation sites (tertiary alicyclic amines) is 1. The molecule has 0 aromatic heterocycles. The summed E-state index contributed by atoms with van der Waals surface area (Å²) in [5, 5.41) is 9.11. The van der Waals surface area contributed by atoms with Crippen LogP contribution in [0.1, 0.15) is 43.4 Å². The Hall–Kier alpha value is -2.99. The summed E-state index contributed by atoms with van der Waals surface area (Å²) >= 11 is 0. The van der Waals surface area contributed by atoms with Crippen LogP contribution in [0.5, 0.6) is 17.2 Å². The van der Waals surface area contributed by atoms with Gasteiger partial charge in [0.25, 0.3) is 0 Å². The third-order valence-electron chi connectivity index (χ3n) is 6.55. The molecule has 0 atom stereocenters. The molecule has 0 amide bonds. The van der Waals surface area contributed by atoms with E-state index >= 15 is 0 Å². The summed E-state index contributed by atoms with van der Waals surface area (Å²) in [6.45, 7) is 7.36. The van der Waals surface area contributed by atoms with Crippen molar-refractivity contribution in [2.24, 2.45) is 5.92 Å². The van der Waals surface area contributed by atoms with Crippen molar-refractivity contribution in [2.75, 3.05) is 33.4 Å². The van der Waals surface area contributed by atoms with Crippen molar-refractivity contribution in [1.82, 2.24) is 4.90 Å². The van der Waals surface area contributed by atoms with E-state index in [-0.39, 0.29) is 5.92 Å².